The largest absolute Gasteiger partial charge is 0.346 e. The minimum atomic E-state index is -0.204. The predicted octanol–water partition coefficient (Wildman–Crippen LogP) is 2.86. The number of fused-ring (bicyclic) bond motifs is 1. The highest BCUT2D eigenvalue weighted by molar-refractivity contribution is 5.76. The molecule has 3 aromatic rings. The maximum Gasteiger partial charge on any atom is 0.164 e. The van der Waals surface area contributed by atoms with Crippen LogP contribution in [-0.4, -0.2) is 24.7 Å². The molecule has 6 heteroatoms. The lowest BCUT2D eigenvalue weighted by Gasteiger charge is -2.24. The second-order valence-corrected chi connectivity index (χ2v) is 5.62. The molecular weight excluding hydrogens is 264 g/mol. The van der Waals surface area contributed by atoms with Crippen LogP contribution in [0.3, 0.4) is 0 Å². The van der Waals surface area contributed by atoms with Gasteiger partial charge in [-0.2, -0.15) is 10.4 Å². The van der Waals surface area contributed by atoms with Crippen molar-refractivity contribution in [3.05, 3.63) is 30.9 Å². The lowest BCUT2D eigenvalue weighted by molar-refractivity contribution is 0.299. The Bertz CT molecular complexity index is 805. The van der Waals surface area contributed by atoms with E-state index in [0.29, 0.717) is 12.2 Å². The van der Waals surface area contributed by atoms with Gasteiger partial charge < -0.3 is 4.98 Å². The summed E-state index contributed by atoms with van der Waals surface area (Å²) >= 11 is 0. The number of hydrogen-bond donors (Lipinski definition) is 1. The molecule has 0 saturated heterocycles. The van der Waals surface area contributed by atoms with Gasteiger partial charge in [-0.05, 0) is 26.3 Å². The average molecular weight is 280 g/mol. The summed E-state index contributed by atoms with van der Waals surface area (Å²) in [6.45, 7) is 4.13. The van der Waals surface area contributed by atoms with Crippen molar-refractivity contribution in [1.29, 1.82) is 5.26 Å². The van der Waals surface area contributed by atoms with Crippen molar-refractivity contribution in [3.8, 4) is 17.5 Å². The highest BCUT2D eigenvalue weighted by Crippen LogP contribution is 2.24. The monoisotopic (exact) mass is 280 g/mol. The Balaban J connectivity index is 1.92. The minimum Gasteiger partial charge on any atom is -0.346 e. The van der Waals surface area contributed by atoms with Crippen molar-refractivity contribution in [2.75, 3.05) is 0 Å². The first kappa shape index (κ1) is 13.3. The number of hydrogen-bond acceptors (Lipinski definition) is 4. The van der Waals surface area contributed by atoms with Gasteiger partial charge in [0.1, 0.15) is 5.65 Å². The van der Waals surface area contributed by atoms with E-state index in [4.69, 9.17) is 5.26 Å². The molecule has 0 atom stereocenters. The lowest BCUT2D eigenvalue weighted by Crippen LogP contribution is -2.26. The summed E-state index contributed by atoms with van der Waals surface area (Å²) in [4.78, 5) is 11.9. The zero-order chi connectivity index (χ0) is 14.9. The fourth-order valence-electron chi connectivity index (χ4n) is 2.22. The molecule has 0 amide bonds. The number of H-pyrrole nitrogens is 1. The maximum atomic E-state index is 8.74. The Morgan fingerprint density at radius 3 is 3.05 bits per heavy atom. The SMILES string of the molecule is CC(C)(CCC#N)n1cc(-c2ncc3cc[nH]c3n2)cn1. The van der Waals surface area contributed by atoms with Crippen molar-refractivity contribution in [2.45, 2.75) is 32.2 Å². The van der Waals surface area contributed by atoms with Crippen molar-refractivity contribution >= 4 is 11.0 Å². The lowest BCUT2D eigenvalue weighted by atomic mass is 9.99. The topological polar surface area (TPSA) is 83.2 Å². The molecule has 3 rings (SSSR count). The quantitative estimate of drug-likeness (QED) is 0.796. The first-order valence-electron chi connectivity index (χ1n) is 6.83. The summed E-state index contributed by atoms with van der Waals surface area (Å²) in [6.07, 6.45) is 8.60. The molecule has 0 spiro atoms. The third-order valence-corrected chi connectivity index (χ3v) is 3.61. The van der Waals surface area contributed by atoms with Crippen LogP contribution in [0.25, 0.3) is 22.4 Å². The molecule has 0 fully saturated rings. The normalized spacial score (nSPS) is 11.7. The van der Waals surface area contributed by atoms with E-state index in [1.165, 1.54) is 0 Å². The fraction of sp³-hybridized carbons (Fsp3) is 0.333. The Labute approximate surface area is 122 Å². The molecule has 0 aromatic carbocycles. The van der Waals surface area contributed by atoms with Crippen LogP contribution in [0.5, 0.6) is 0 Å². The van der Waals surface area contributed by atoms with E-state index in [-0.39, 0.29) is 5.54 Å². The summed E-state index contributed by atoms with van der Waals surface area (Å²) in [5.41, 5.74) is 1.48. The van der Waals surface area contributed by atoms with E-state index < -0.39 is 0 Å². The molecule has 0 radical (unpaired) electrons. The van der Waals surface area contributed by atoms with Crippen LogP contribution in [0, 0.1) is 11.3 Å². The standard InChI is InChI=1S/C15H16N6/c1-15(2,5-3-6-16)21-10-12(9-19-21)14-18-8-11-4-7-17-13(11)20-14/h4,7-10H,3,5H2,1-2H3,(H,17,18,20). The minimum absolute atomic E-state index is 0.204. The molecule has 0 aliphatic rings. The van der Waals surface area contributed by atoms with Gasteiger partial charge in [-0.25, -0.2) is 9.97 Å². The molecule has 0 unspecified atom stereocenters. The summed E-state index contributed by atoms with van der Waals surface area (Å²) < 4.78 is 1.88. The zero-order valence-corrected chi connectivity index (χ0v) is 12.0. The number of rotatable bonds is 4. The molecule has 21 heavy (non-hydrogen) atoms. The van der Waals surface area contributed by atoms with Gasteiger partial charge in [-0.3, -0.25) is 4.68 Å². The number of nitrogens with one attached hydrogen (secondary N) is 1. The third-order valence-electron chi connectivity index (χ3n) is 3.61. The zero-order valence-electron chi connectivity index (χ0n) is 12.0. The molecule has 1 N–H and O–H groups in total. The van der Waals surface area contributed by atoms with Gasteiger partial charge >= 0.3 is 0 Å². The number of nitrogens with zero attached hydrogens (tertiary/aromatic N) is 5. The van der Waals surface area contributed by atoms with E-state index >= 15 is 0 Å². The van der Waals surface area contributed by atoms with Gasteiger partial charge in [-0.1, -0.05) is 0 Å². The highest BCUT2D eigenvalue weighted by Gasteiger charge is 2.21. The van der Waals surface area contributed by atoms with E-state index in [1.54, 1.807) is 12.4 Å². The third kappa shape index (κ3) is 2.50. The Morgan fingerprint density at radius 1 is 1.38 bits per heavy atom. The summed E-state index contributed by atoms with van der Waals surface area (Å²) in [5, 5.41) is 14.1. The molecular formula is C15H16N6. The van der Waals surface area contributed by atoms with Crippen molar-refractivity contribution in [3.63, 3.8) is 0 Å². The summed E-state index contributed by atoms with van der Waals surface area (Å²) in [7, 11) is 0. The smallest absolute Gasteiger partial charge is 0.164 e. The van der Waals surface area contributed by atoms with Crippen LogP contribution in [0.4, 0.5) is 0 Å². The van der Waals surface area contributed by atoms with E-state index in [9.17, 15) is 0 Å². The first-order valence-corrected chi connectivity index (χ1v) is 6.83. The van der Waals surface area contributed by atoms with Gasteiger partial charge in [0.15, 0.2) is 5.82 Å². The number of aromatic amines is 1. The second kappa shape index (κ2) is 5.02. The molecule has 3 heterocycles. The van der Waals surface area contributed by atoms with Gasteiger partial charge in [-0.15, -0.1) is 0 Å². The van der Waals surface area contributed by atoms with Gasteiger partial charge in [0.2, 0.25) is 0 Å². The summed E-state index contributed by atoms with van der Waals surface area (Å²) in [6, 6.07) is 4.12. The second-order valence-electron chi connectivity index (χ2n) is 5.62. The van der Waals surface area contributed by atoms with Crippen LogP contribution in [-0.2, 0) is 5.54 Å². The van der Waals surface area contributed by atoms with Crippen molar-refractivity contribution in [2.24, 2.45) is 0 Å². The van der Waals surface area contributed by atoms with Crippen LogP contribution in [0.2, 0.25) is 0 Å². The van der Waals surface area contributed by atoms with Crippen LogP contribution in [0.1, 0.15) is 26.7 Å². The fourth-order valence-corrected chi connectivity index (χ4v) is 2.22. The molecule has 106 valence electrons. The highest BCUT2D eigenvalue weighted by atomic mass is 15.3. The van der Waals surface area contributed by atoms with E-state index in [1.807, 2.05) is 23.1 Å². The number of aromatic nitrogens is 5. The number of nitriles is 1. The molecule has 0 saturated carbocycles. The van der Waals surface area contributed by atoms with Crippen molar-refractivity contribution in [1.82, 2.24) is 24.7 Å². The molecule has 0 aliphatic carbocycles. The summed E-state index contributed by atoms with van der Waals surface area (Å²) in [5.74, 6) is 0.646. The molecule has 6 nitrogen and oxygen atoms in total. The molecule has 3 aromatic heterocycles. The molecule has 0 bridgehead atoms. The van der Waals surface area contributed by atoms with Crippen LogP contribution >= 0.6 is 0 Å². The predicted molar refractivity (Wildman–Crippen MR) is 79.3 cm³/mol. The molecule has 0 aliphatic heterocycles. The van der Waals surface area contributed by atoms with E-state index in [2.05, 4.69) is 40.0 Å². The Morgan fingerprint density at radius 2 is 2.24 bits per heavy atom. The van der Waals surface area contributed by atoms with E-state index in [0.717, 1.165) is 23.0 Å². The van der Waals surface area contributed by atoms with Crippen molar-refractivity contribution < 1.29 is 0 Å². The average Bonchev–Trinajstić information content (AvgIpc) is 3.13. The van der Waals surface area contributed by atoms with Gasteiger partial charge in [0, 0.05) is 30.4 Å². The Kier molecular flexibility index (Phi) is 3.18. The maximum absolute atomic E-state index is 8.74. The Hall–Kier alpha value is -2.68. The van der Waals surface area contributed by atoms with Crippen LogP contribution in [0.15, 0.2) is 30.9 Å². The van der Waals surface area contributed by atoms with Crippen LogP contribution < -0.4 is 0 Å². The first-order chi connectivity index (χ1) is 10.1. The van der Waals surface area contributed by atoms with Gasteiger partial charge in [0.25, 0.3) is 0 Å². The van der Waals surface area contributed by atoms with Gasteiger partial charge in [0.05, 0.1) is 23.4 Å².